The minimum atomic E-state index is -0.773. The Morgan fingerprint density at radius 1 is 1.22 bits per heavy atom. The summed E-state index contributed by atoms with van der Waals surface area (Å²) < 4.78 is 6.56. The fourth-order valence-corrected chi connectivity index (χ4v) is 3.91. The number of thioether (sulfide) groups is 1. The molecule has 2 aromatic rings. The van der Waals surface area contributed by atoms with E-state index in [4.69, 9.17) is 9.94 Å². The highest BCUT2D eigenvalue weighted by Gasteiger charge is 2.35. The van der Waals surface area contributed by atoms with E-state index in [2.05, 4.69) is 21.2 Å². The molecule has 2 amide bonds. The third kappa shape index (κ3) is 7.58. The zero-order valence-corrected chi connectivity index (χ0v) is 20.5. The summed E-state index contributed by atoms with van der Waals surface area (Å²) in [4.78, 5) is 25.0. The van der Waals surface area contributed by atoms with Gasteiger partial charge in [0.15, 0.2) is 0 Å². The summed E-state index contributed by atoms with van der Waals surface area (Å²) in [6.45, 7) is 3.83. The first-order valence-corrected chi connectivity index (χ1v) is 11.9. The highest BCUT2D eigenvalue weighted by Crippen LogP contribution is 2.44. The van der Waals surface area contributed by atoms with Gasteiger partial charge in [-0.05, 0) is 61.6 Å². The fraction of sp³-hybridized carbons (Fsp3) is 0.304. The third-order valence-electron chi connectivity index (χ3n) is 4.88. The normalized spacial score (nSPS) is 12.4. The number of phenolic OH excluding ortho intramolecular Hbond substituents is 1. The minimum Gasteiger partial charge on any atom is -0.508 e. The average Bonchev–Trinajstić information content (AvgIpc) is 2.77. The smallest absolute Gasteiger partial charge is 0.412 e. The predicted molar refractivity (Wildman–Crippen MR) is 129 cm³/mol. The number of hydrogen-bond acceptors (Lipinski definition) is 6. The van der Waals surface area contributed by atoms with Crippen molar-refractivity contribution in [2.24, 2.45) is 5.41 Å². The lowest BCUT2D eigenvalue weighted by Crippen LogP contribution is -2.29. The van der Waals surface area contributed by atoms with Crippen LogP contribution in [-0.2, 0) is 9.53 Å². The molecule has 0 aliphatic carbocycles. The number of benzene rings is 2. The molecule has 0 heterocycles. The molecule has 172 valence electrons. The van der Waals surface area contributed by atoms with Crippen LogP contribution in [0.3, 0.4) is 0 Å². The maximum atomic E-state index is 12.7. The van der Waals surface area contributed by atoms with Crippen molar-refractivity contribution in [3.8, 4) is 5.75 Å². The number of carbonyl (C=O) groups excluding carboxylic acids is 2. The molecule has 0 aliphatic rings. The van der Waals surface area contributed by atoms with Crippen molar-refractivity contribution in [2.45, 2.75) is 37.7 Å². The Kier molecular flexibility index (Phi) is 9.61. The zero-order valence-electron chi connectivity index (χ0n) is 18.1. The maximum Gasteiger partial charge on any atom is 0.412 e. The van der Waals surface area contributed by atoms with Crippen molar-refractivity contribution in [1.29, 1.82) is 0 Å². The van der Waals surface area contributed by atoms with Crippen LogP contribution in [0.25, 0.3) is 0 Å². The molecule has 7 nitrogen and oxygen atoms in total. The van der Waals surface area contributed by atoms with Gasteiger partial charge < -0.3 is 9.84 Å². The van der Waals surface area contributed by atoms with Gasteiger partial charge in [-0.15, -0.1) is 11.8 Å². The van der Waals surface area contributed by atoms with Crippen molar-refractivity contribution in [1.82, 2.24) is 5.48 Å². The molecule has 2 rings (SSSR count). The molecule has 0 spiro atoms. The van der Waals surface area contributed by atoms with E-state index in [0.717, 1.165) is 9.37 Å². The summed E-state index contributed by atoms with van der Waals surface area (Å²) in [7, 11) is 0. The molecule has 0 saturated carbocycles. The highest BCUT2D eigenvalue weighted by atomic mass is 79.9. The minimum absolute atomic E-state index is 0.0126. The number of hydroxylamine groups is 1. The largest absolute Gasteiger partial charge is 0.508 e. The van der Waals surface area contributed by atoms with Crippen LogP contribution in [0.1, 0.15) is 38.4 Å². The van der Waals surface area contributed by atoms with Gasteiger partial charge in [0.25, 0.3) is 5.91 Å². The van der Waals surface area contributed by atoms with E-state index in [1.807, 2.05) is 32.2 Å². The van der Waals surface area contributed by atoms with Crippen molar-refractivity contribution in [3.63, 3.8) is 0 Å². The van der Waals surface area contributed by atoms with Crippen LogP contribution < -0.4 is 10.8 Å². The zero-order chi connectivity index (χ0) is 23.7. The van der Waals surface area contributed by atoms with E-state index in [1.165, 1.54) is 17.6 Å². The average molecular weight is 523 g/mol. The van der Waals surface area contributed by atoms with E-state index in [-0.39, 0.29) is 5.75 Å². The summed E-state index contributed by atoms with van der Waals surface area (Å²) in [6, 6.07) is 12.3. The van der Waals surface area contributed by atoms with Crippen LogP contribution in [0.15, 0.2) is 64.0 Å². The van der Waals surface area contributed by atoms with Gasteiger partial charge >= 0.3 is 6.09 Å². The molecule has 2 aromatic carbocycles. The topological polar surface area (TPSA) is 108 Å². The SMILES string of the molecule is CSc1ccc(NC(=O)O[C@H](c2cc(Br)ccc2O)C(C)(C)CC/C=C/C(=O)NO)cc1. The van der Waals surface area contributed by atoms with Crippen LogP contribution in [0, 0.1) is 5.41 Å². The van der Waals surface area contributed by atoms with Gasteiger partial charge in [-0.3, -0.25) is 15.3 Å². The van der Waals surface area contributed by atoms with Crippen molar-refractivity contribution in [3.05, 3.63) is 64.7 Å². The third-order valence-corrected chi connectivity index (χ3v) is 6.11. The Hall–Kier alpha value is -2.49. The number of carbonyl (C=O) groups is 2. The van der Waals surface area contributed by atoms with E-state index >= 15 is 0 Å². The van der Waals surface area contributed by atoms with E-state index in [9.17, 15) is 14.7 Å². The van der Waals surface area contributed by atoms with Crippen LogP contribution in [0.2, 0.25) is 0 Å². The second-order valence-electron chi connectivity index (χ2n) is 7.75. The van der Waals surface area contributed by atoms with E-state index in [0.29, 0.717) is 24.1 Å². The van der Waals surface area contributed by atoms with Crippen LogP contribution in [0.4, 0.5) is 10.5 Å². The number of anilines is 1. The number of hydrogen-bond donors (Lipinski definition) is 4. The Bertz CT molecular complexity index is 963. The lowest BCUT2D eigenvalue weighted by Gasteiger charge is -2.34. The Balaban J connectivity index is 2.23. The predicted octanol–water partition coefficient (Wildman–Crippen LogP) is 6.03. The Morgan fingerprint density at radius 3 is 2.53 bits per heavy atom. The number of amides is 2. The summed E-state index contributed by atoms with van der Waals surface area (Å²) in [5.41, 5.74) is 2.00. The summed E-state index contributed by atoms with van der Waals surface area (Å²) in [5, 5.41) is 21.8. The van der Waals surface area contributed by atoms with E-state index < -0.39 is 23.5 Å². The van der Waals surface area contributed by atoms with Gasteiger partial charge in [0.2, 0.25) is 0 Å². The number of nitrogens with one attached hydrogen (secondary N) is 2. The van der Waals surface area contributed by atoms with Gasteiger partial charge in [0.05, 0.1) is 0 Å². The number of aromatic hydroxyl groups is 1. The molecule has 0 unspecified atom stereocenters. The quantitative estimate of drug-likeness (QED) is 0.138. The first kappa shape index (κ1) is 25.8. The first-order valence-electron chi connectivity index (χ1n) is 9.87. The molecule has 32 heavy (non-hydrogen) atoms. The van der Waals surface area contributed by atoms with Gasteiger partial charge in [-0.1, -0.05) is 35.9 Å². The molecule has 0 bridgehead atoms. The lowest BCUT2D eigenvalue weighted by atomic mass is 9.78. The number of allylic oxidation sites excluding steroid dienone is 1. The second-order valence-corrected chi connectivity index (χ2v) is 9.54. The number of phenols is 1. The molecule has 0 fully saturated rings. The number of ether oxygens (including phenoxy) is 1. The molecule has 0 radical (unpaired) electrons. The molecular weight excluding hydrogens is 496 g/mol. The van der Waals surface area contributed by atoms with Crippen LogP contribution in [0.5, 0.6) is 5.75 Å². The molecular formula is C23H27BrN2O5S. The standard InChI is InChI=1S/C23H27BrN2O5S/c1-23(2,13-5-4-6-20(28)26-30)21(18-14-15(24)7-12-19(18)27)31-22(29)25-16-8-10-17(32-3)11-9-16/h4,6-12,14,21,27,30H,5,13H2,1-3H3,(H,25,29)(H,26,28)/b6-4+/t21-/m1/s1. The van der Waals surface area contributed by atoms with Gasteiger partial charge in [0.1, 0.15) is 11.9 Å². The van der Waals surface area contributed by atoms with Gasteiger partial charge in [-0.2, -0.15) is 0 Å². The number of rotatable bonds is 9. The van der Waals surface area contributed by atoms with Crippen LogP contribution >= 0.6 is 27.7 Å². The lowest BCUT2D eigenvalue weighted by molar-refractivity contribution is -0.124. The fourth-order valence-electron chi connectivity index (χ4n) is 3.12. The van der Waals surface area contributed by atoms with Crippen LogP contribution in [-0.4, -0.2) is 28.6 Å². The summed E-state index contributed by atoms with van der Waals surface area (Å²) in [6.07, 6.45) is 4.44. The van der Waals surface area contributed by atoms with Crippen molar-refractivity contribution >= 4 is 45.4 Å². The maximum absolute atomic E-state index is 12.7. The first-order chi connectivity index (χ1) is 15.2. The molecule has 9 heteroatoms. The Labute approximate surface area is 200 Å². The molecule has 0 aromatic heterocycles. The molecule has 0 aliphatic heterocycles. The monoisotopic (exact) mass is 522 g/mol. The highest BCUT2D eigenvalue weighted by molar-refractivity contribution is 9.10. The molecule has 1 atom stereocenters. The summed E-state index contributed by atoms with van der Waals surface area (Å²) >= 11 is 5.01. The second kappa shape index (κ2) is 11.9. The molecule has 4 N–H and O–H groups in total. The van der Waals surface area contributed by atoms with Gasteiger partial charge in [-0.25, -0.2) is 10.3 Å². The van der Waals surface area contributed by atoms with E-state index in [1.54, 1.807) is 42.1 Å². The molecule has 0 saturated heterocycles. The number of halogens is 1. The Morgan fingerprint density at radius 2 is 1.91 bits per heavy atom. The summed E-state index contributed by atoms with van der Waals surface area (Å²) in [5.74, 6) is -0.606. The van der Waals surface area contributed by atoms with Crippen molar-refractivity contribution < 1.29 is 24.6 Å². The van der Waals surface area contributed by atoms with Gasteiger partial charge in [0, 0.05) is 32.1 Å². The van der Waals surface area contributed by atoms with Crippen molar-refractivity contribution in [2.75, 3.05) is 11.6 Å².